The predicted octanol–water partition coefficient (Wildman–Crippen LogP) is 4.44. The lowest BCUT2D eigenvalue weighted by molar-refractivity contribution is 0.00337. The van der Waals surface area contributed by atoms with Gasteiger partial charge in [-0.3, -0.25) is 4.90 Å². The SMILES string of the molecule is CC[C@@](COC(=O)c1cc(OC)c(OC)c(OC)c1)(c1ccccc1)N(C)C(=O)OCCl. The number of likely N-dealkylation sites (N-methyl/N-ethyl adjacent to an activating group) is 1. The molecule has 32 heavy (non-hydrogen) atoms. The van der Waals surface area contributed by atoms with E-state index >= 15 is 0 Å². The molecular formula is C23H28ClNO7. The van der Waals surface area contributed by atoms with Gasteiger partial charge in [0.05, 0.1) is 26.9 Å². The van der Waals surface area contributed by atoms with Crippen LogP contribution in [0, 0.1) is 0 Å². The summed E-state index contributed by atoms with van der Waals surface area (Å²) in [5.41, 5.74) is 0.0264. The van der Waals surface area contributed by atoms with Gasteiger partial charge in [0, 0.05) is 7.05 Å². The molecule has 0 aliphatic heterocycles. The van der Waals surface area contributed by atoms with E-state index in [0.29, 0.717) is 23.7 Å². The van der Waals surface area contributed by atoms with E-state index < -0.39 is 17.6 Å². The zero-order valence-corrected chi connectivity index (χ0v) is 19.6. The smallest absolute Gasteiger partial charge is 0.411 e. The van der Waals surface area contributed by atoms with Gasteiger partial charge in [-0.2, -0.15) is 0 Å². The summed E-state index contributed by atoms with van der Waals surface area (Å²) in [5, 5.41) is 0. The third-order valence-electron chi connectivity index (χ3n) is 5.33. The van der Waals surface area contributed by atoms with E-state index in [9.17, 15) is 9.59 Å². The van der Waals surface area contributed by atoms with Gasteiger partial charge in [0.2, 0.25) is 5.75 Å². The molecule has 0 saturated heterocycles. The molecule has 0 fully saturated rings. The molecule has 174 valence electrons. The number of methoxy groups -OCH3 is 3. The summed E-state index contributed by atoms with van der Waals surface area (Å²) < 4.78 is 26.6. The Morgan fingerprint density at radius 3 is 2.03 bits per heavy atom. The highest BCUT2D eigenvalue weighted by atomic mass is 35.5. The van der Waals surface area contributed by atoms with Crippen LogP contribution in [-0.2, 0) is 15.0 Å². The first-order chi connectivity index (χ1) is 15.4. The minimum absolute atomic E-state index is 0.114. The minimum atomic E-state index is -0.972. The highest BCUT2D eigenvalue weighted by Crippen LogP contribution is 2.39. The number of hydrogen-bond donors (Lipinski definition) is 0. The van der Waals surface area contributed by atoms with Crippen molar-refractivity contribution in [2.45, 2.75) is 18.9 Å². The Morgan fingerprint density at radius 2 is 1.56 bits per heavy atom. The van der Waals surface area contributed by atoms with Crippen LogP contribution < -0.4 is 14.2 Å². The van der Waals surface area contributed by atoms with Crippen LogP contribution in [-0.4, -0.2) is 58.0 Å². The number of nitrogens with zero attached hydrogens (tertiary/aromatic N) is 1. The van der Waals surface area contributed by atoms with E-state index in [-0.39, 0.29) is 18.2 Å². The van der Waals surface area contributed by atoms with E-state index in [0.717, 1.165) is 5.56 Å². The average molecular weight is 466 g/mol. The van der Waals surface area contributed by atoms with Gasteiger partial charge in [0.25, 0.3) is 0 Å². The van der Waals surface area contributed by atoms with Crippen molar-refractivity contribution < 1.29 is 33.3 Å². The van der Waals surface area contributed by atoms with Crippen LogP contribution in [0.1, 0.15) is 29.3 Å². The summed E-state index contributed by atoms with van der Waals surface area (Å²) in [6, 6.07) is 12.0. The first-order valence-corrected chi connectivity index (χ1v) is 10.4. The van der Waals surface area contributed by atoms with Crippen molar-refractivity contribution >= 4 is 23.7 Å². The Kier molecular flexibility index (Phi) is 9.02. The standard InChI is InChI=1S/C23H28ClNO7/c1-6-23(17-10-8-7-9-11-17,25(2)22(27)32-15-24)14-31-21(26)16-12-18(28-3)20(30-5)19(13-16)29-4/h7-13H,6,14-15H2,1-5H3/t23-/m1/s1. The van der Waals surface area contributed by atoms with Crippen LogP contribution in [0.15, 0.2) is 42.5 Å². The summed E-state index contributed by atoms with van der Waals surface area (Å²) in [6.45, 7) is 1.78. The van der Waals surface area contributed by atoms with E-state index in [4.69, 9.17) is 35.3 Å². The van der Waals surface area contributed by atoms with Gasteiger partial charge < -0.3 is 23.7 Å². The molecule has 0 heterocycles. The maximum Gasteiger partial charge on any atom is 0.411 e. The number of carbonyl (C=O) groups excluding carboxylic acids is 2. The molecule has 0 saturated carbocycles. The quantitative estimate of drug-likeness (QED) is 0.379. The summed E-state index contributed by atoms with van der Waals surface area (Å²) in [6.07, 6.45) is -0.178. The van der Waals surface area contributed by atoms with Crippen LogP contribution in [0.4, 0.5) is 4.79 Å². The molecule has 0 aliphatic rings. The lowest BCUT2D eigenvalue weighted by Crippen LogP contribution is -2.50. The lowest BCUT2D eigenvalue weighted by atomic mass is 9.86. The van der Waals surface area contributed by atoms with Crippen LogP contribution in [0.3, 0.4) is 0 Å². The second-order valence-corrected chi connectivity index (χ2v) is 7.04. The lowest BCUT2D eigenvalue weighted by Gasteiger charge is -2.40. The van der Waals surface area contributed by atoms with Gasteiger partial charge in [0.1, 0.15) is 12.1 Å². The second-order valence-electron chi connectivity index (χ2n) is 6.82. The summed E-state index contributed by atoms with van der Waals surface area (Å²) >= 11 is 5.58. The van der Waals surface area contributed by atoms with Crippen LogP contribution >= 0.6 is 11.6 Å². The molecule has 2 aromatic carbocycles. The maximum absolute atomic E-state index is 13.0. The number of halogens is 1. The van der Waals surface area contributed by atoms with Gasteiger partial charge in [-0.15, -0.1) is 0 Å². The second kappa shape index (κ2) is 11.5. The van der Waals surface area contributed by atoms with Crippen LogP contribution in [0.25, 0.3) is 0 Å². The fourth-order valence-corrected chi connectivity index (χ4v) is 3.54. The topological polar surface area (TPSA) is 83.5 Å². The number of alkyl halides is 1. The highest BCUT2D eigenvalue weighted by Gasteiger charge is 2.40. The summed E-state index contributed by atoms with van der Waals surface area (Å²) in [5.74, 6) is 0.400. The van der Waals surface area contributed by atoms with Crippen molar-refractivity contribution in [2.24, 2.45) is 0 Å². The molecule has 0 aliphatic carbocycles. The first kappa shape index (κ1) is 25.1. The number of rotatable bonds is 10. The van der Waals surface area contributed by atoms with Gasteiger partial charge in [-0.05, 0) is 24.1 Å². The van der Waals surface area contributed by atoms with Crippen molar-refractivity contribution in [3.05, 3.63) is 53.6 Å². The Balaban J connectivity index is 2.39. The number of benzene rings is 2. The van der Waals surface area contributed by atoms with Crippen molar-refractivity contribution in [3.8, 4) is 17.2 Å². The molecule has 0 aromatic heterocycles. The van der Waals surface area contributed by atoms with Crippen LogP contribution in [0.2, 0.25) is 0 Å². The molecule has 1 amide bonds. The maximum atomic E-state index is 13.0. The molecule has 0 bridgehead atoms. The Hall–Kier alpha value is -3.13. The Morgan fingerprint density at radius 1 is 0.969 bits per heavy atom. The Bertz CT molecular complexity index is 897. The molecular weight excluding hydrogens is 438 g/mol. The van der Waals surface area contributed by atoms with E-state index in [1.165, 1.54) is 38.4 Å². The minimum Gasteiger partial charge on any atom is -0.493 e. The predicted molar refractivity (Wildman–Crippen MR) is 120 cm³/mol. The average Bonchev–Trinajstić information content (AvgIpc) is 2.84. The van der Waals surface area contributed by atoms with Crippen molar-refractivity contribution in [1.29, 1.82) is 0 Å². The fourth-order valence-electron chi connectivity index (χ4n) is 3.45. The monoisotopic (exact) mass is 465 g/mol. The van der Waals surface area contributed by atoms with E-state index in [1.807, 2.05) is 37.3 Å². The molecule has 1 atom stereocenters. The molecule has 0 spiro atoms. The van der Waals surface area contributed by atoms with Crippen LogP contribution in [0.5, 0.6) is 17.2 Å². The van der Waals surface area contributed by atoms with Crippen molar-refractivity contribution in [1.82, 2.24) is 4.90 Å². The van der Waals surface area contributed by atoms with E-state index in [1.54, 1.807) is 7.05 Å². The molecule has 8 nitrogen and oxygen atoms in total. The third kappa shape index (κ3) is 5.19. The van der Waals surface area contributed by atoms with Gasteiger partial charge >= 0.3 is 12.1 Å². The highest BCUT2D eigenvalue weighted by molar-refractivity contribution is 6.17. The number of hydrogen-bond acceptors (Lipinski definition) is 7. The number of amides is 1. The van der Waals surface area contributed by atoms with E-state index in [2.05, 4.69) is 0 Å². The fraction of sp³-hybridized carbons (Fsp3) is 0.391. The number of carbonyl (C=O) groups is 2. The summed E-state index contributed by atoms with van der Waals surface area (Å²) in [7, 11) is 5.98. The third-order valence-corrected chi connectivity index (χ3v) is 5.44. The van der Waals surface area contributed by atoms with Gasteiger partial charge in [0.15, 0.2) is 17.6 Å². The molecule has 2 rings (SSSR count). The molecule has 0 radical (unpaired) electrons. The molecule has 2 aromatic rings. The van der Waals surface area contributed by atoms with Gasteiger partial charge in [-0.1, -0.05) is 48.9 Å². The molecule has 9 heteroatoms. The Labute approximate surface area is 192 Å². The largest absolute Gasteiger partial charge is 0.493 e. The first-order valence-electron chi connectivity index (χ1n) is 9.87. The number of esters is 1. The van der Waals surface area contributed by atoms with Crippen molar-refractivity contribution in [2.75, 3.05) is 41.1 Å². The van der Waals surface area contributed by atoms with Crippen molar-refractivity contribution in [3.63, 3.8) is 0 Å². The zero-order valence-electron chi connectivity index (χ0n) is 18.8. The van der Waals surface area contributed by atoms with Gasteiger partial charge in [-0.25, -0.2) is 9.59 Å². The molecule has 0 N–H and O–H groups in total. The zero-order chi connectivity index (χ0) is 23.7. The molecule has 0 unspecified atom stereocenters. The summed E-state index contributed by atoms with van der Waals surface area (Å²) in [4.78, 5) is 26.9. The number of ether oxygens (including phenoxy) is 5. The normalized spacial score (nSPS) is 12.3.